The van der Waals surface area contributed by atoms with Gasteiger partial charge < -0.3 is 5.32 Å². The molecule has 5 nitrogen and oxygen atoms in total. The van der Waals surface area contributed by atoms with E-state index in [-0.39, 0.29) is 28.5 Å². The van der Waals surface area contributed by atoms with Crippen molar-refractivity contribution in [3.8, 4) is 0 Å². The van der Waals surface area contributed by atoms with E-state index in [4.69, 9.17) is 11.6 Å². The molecule has 1 fully saturated rings. The van der Waals surface area contributed by atoms with Crippen molar-refractivity contribution in [1.29, 1.82) is 0 Å². The van der Waals surface area contributed by atoms with Crippen LogP contribution in [0, 0.1) is 0 Å². The number of nitrogens with one attached hydrogen (secondary N) is 2. The van der Waals surface area contributed by atoms with Crippen LogP contribution in [0.2, 0.25) is 5.02 Å². The number of pyridine rings is 1. The van der Waals surface area contributed by atoms with Crippen molar-refractivity contribution in [2.45, 2.75) is 23.9 Å². The zero-order chi connectivity index (χ0) is 12.3. The predicted molar refractivity (Wildman–Crippen MR) is 72.7 cm³/mol. The molecule has 0 spiro atoms. The quantitative estimate of drug-likeness (QED) is 0.879. The summed E-state index contributed by atoms with van der Waals surface area (Å²) in [5, 5.41) is 3.18. The van der Waals surface area contributed by atoms with Crippen LogP contribution in [0.1, 0.15) is 12.8 Å². The molecule has 0 bridgehead atoms. The average molecular weight is 312 g/mol. The van der Waals surface area contributed by atoms with E-state index in [0.717, 1.165) is 19.4 Å². The molecule has 2 heterocycles. The van der Waals surface area contributed by atoms with Gasteiger partial charge in [-0.15, -0.1) is 12.4 Å². The van der Waals surface area contributed by atoms with E-state index in [1.807, 2.05) is 0 Å². The predicted octanol–water partition coefficient (Wildman–Crippen LogP) is 1.19. The minimum absolute atomic E-state index is 0. The van der Waals surface area contributed by atoms with Gasteiger partial charge >= 0.3 is 0 Å². The molecule has 2 rings (SSSR count). The summed E-state index contributed by atoms with van der Waals surface area (Å²) in [5.41, 5.74) is 0. The van der Waals surface area contributed by atoms with Crippen molar-refractivity contribution < 1.29 is 8.42 Å². The molecule has 1 unspecified atom stereocenters. The molecule has 1 atom stereocenters. The van der Waals surface area contributed by atoms with Crippen molar-refractivity contribution >= 4 is 34.0 Å². The third-order valence-electron chi connectivity index (χ3n) is 2.60. The minimum atomic E-state index is -3.62. The van der Waals surface area contributed by atoms with Gasteiger partial charge in [-0.3, -0.25) is 0 Å². The number of aromatic nitrogens is 1. The summed E-state index contributed by atoms with van der Waals surface area (Å²) in [5.74, 6) is 0. The molecule has 1 saturated heterocycles. The molecule has 0 aliphatic carbocycles. The van der Waals surface area contributed by atoms with E-state index in [1.54, 1.807) is 6.07 Å². The topological polar surface area (TPSA) is 71.1 Å². The smallest absolute Gasteiger partial charge is 0.259 e. The Hall–Kier alpha value is -0.400. The first-order chi connectivity index (χ1) is 8.09. The van der Waals surface area contributed by atoms with Crippen LogP contribution < -0.4 is 10.0 Å². The van der Waals surface area contributed by atoms with Crippen LogP contribution in [0.5, 0.6) is 0 Å². The fourth-order valence-electron chi connectivity index (χ4n) is 1.80. The Morgan fingerprint density at radius 3 is 2.89 bits per heavy atom. The molecule has 1 aliphatic heterocycles. The monoisotopic (exact) mass is 311 g/mol. The molecule has 1 aliphatic rings. The summed E-state index contributed by atoms with van der Waals surface area (Å²) in [6.07, 6.45) is 3.21. The van der Waals surface area contributed by atoms with Crippen LogP contribution in [0.25, 0.3) is 0 Å². The third kappa shape index (κ3) is 3.80. The van der Waals surface area contributed by atoms with E-state index in [9.17, 15) is 8.42 Å². The fourth-order valence-corrected chi connectivity index (χ4v) is 3.50. The summed E-state index contributed by atoms with van der Waals surface area (Å²) in [6, 6.07) is 3.03. The molecule has 0 amide bonds. The van der Waals surface area contributed by atoms with Crippen LogP contribution in [0.4, 0.5) is 0 Å². The van der Waals surface area contributed by atoms with Gasteiger partial charge in [-0.2, -0.15) is 0 Å². The lowest BCUT2D eigenvalue weighted by Gasteiger charge is -2.23. The lowest BCUT2D eigenvalue weighted by molar-refractivity contribution is 0.428. The number of nitrogens with zero attached hydrogens (tertiary/aromatic N) is 1. The van der Waals surface area contributed by atoms with E-state index in [0.29, 0.717) is 6.54 Å². The van der Waals surface area contributed by atoms with Crippen molar-refractivity contribution in [2.24, 2.45) is 0 Å². The Kier molecular flexibility index (Phi) is 5.81. The first-order valence-electron chi connectivity index (χ1n) is 5.43. The van der Waals surface area contributed by atoms with E-state index >= 15 is 0 Å². The van der Waals surface area contributed by atoms with Crippen molar-refractivity contribution in [3.05, 3.63) is 23.4 Å². The minimum Gasteiger partial charge on any atom is -0.315 e. The van der Waals surface area contributed by atoms with Crippen molar-refractivity contribution in [1.82, 2.24) is 15.0 Å². The maximum atomic E-state index is 12.0. The largest absolute Gasteiger partial charge is 0.315 e. The third-order valence-corrected chi connectivity index (χ3v) is 4.49. The van der Waals surface area contributed by atoms with Crippen LogP contribution >= 0.6 is 24.0 Å². The Bertz CT molecular complexity index is 490. The van der Waals surface area contributed by atoms with Gasteiger partial charge in [0.25, 0.3) is 10.0 Å². The number of hydrogen-bond acceptors (Lipinski definition) is 4. The molecule has 102 valence electrons. The zero-order valence-electron chi connectivity index (χ0n) is 9.60. The number of hydrogen-bond donors (Lipinski definition) is 2. The zero-order valence-corrected chi connectivity index (χ0v) is 12.0. The number of sulfonamides is 1. The highest BCUT2D eigenvalue weighted by molar-refractivity contribution is 7.89. The van der Waals surface area contributed by atoms with Gasteiger partial charge in [-0.1, -0.05) is 11.6 Å². The van der Waals surface area contributed by atoms with Gasteiger partial charge in [-0.05, 0) is 31.5 Å². The molecule has 1 aromatic rings. The highest BCUT2D eigenvalue weighted by Gasteiger charge is 2.24. The fraction of sp³-hybridized carbons (Fsp3) is 0.500. The van der Waals surface area contributed by atoms with E-state index < -0.39 is 10.0 Å². The van der Waals surface area contributed by atoms with Gasteiger partial charge in [0, 0.05) is 18.8 Å². The van der Waals surface area contributed by atoms with E-state index in [2.05, 4.69) is 15.0 Å². The normalized spacial score (nSPS) is 20.2. The number of rotatable bonds is 3. The molecule has 2 N–H and O–H groups in total. The van der Waals surface area contributed by atoms with Gasteiger partial charge in [0.05, 0.1) is 5.02 Å². The summed E-state index contributed by atoms with van der Waals surface area (Å²) in [4.78, 5) is 3.81. The van der Waals surface area contributed by atoms with Gasteiger partial charge in [0.1, 0.15) is 0 Å². The first kappa shape index (κ1) is 15.7. The molecule has 18 heavy (non-hydrogen) atoms. The summed E-state index contributed by atoms with van der Waals surface area (Å²) >= 11 is 5.83. The Balaban J connectivity index is 0.00000162. The van der Waals surface area contributed by atoms with Crippen LogP contribution in [-0.4, -0.2) is 32.5 Å². The van der Waals surface area contributed by atoms with E-state index in [1.165, 1.54) is 12.3 Å². The lowest BCUT2D eigenvalue weighted by Crippen LogP contribution is -2.45. The Labute approximate surface area is 118 Å². The van der Waals surface area contributed by atoms with Gasteiger partial charge in [-0.25, -0.2) is 18.1 Å². The lowest BCUT2D eigenvalue weighted by atomic mass is 10.1. The second kappa shape index (κ2) is 6.68. The molecule has 8 heteroatoms. The standard InChI is InChI=1S/C10H14ClN3O2S.ClH/c11-9-4-2-6-13-10(9)17(15,16)14-8-3-1-5-12-7-8;/h2,4,6,8,12,14H,1,3,5,7H2;1H. The highest BCUT2D eigenvalue weighted by atomic mass is 35.5. The summed E-state index contributed by atoms with van der Waals surface area (Å²) < 4.78 is 26.7. The Morgan fingerprint density at radius 1 is 1.50 bits per heavy atom. The molecular formula is C10H15Cl2N3O2S. The van der Waals surface area contributed by atoms with Crippen molar-refractivity contribution in [3.63, 3.8) is 0 Å². The van der Waals surface area contributed by atoms with Crippen LogP contribution in [0.3, 0.4) is 0 Å². The molecule has 0 aromatic carbocycles. The summed E-state index contributed by atoms with van der Waals surface area (Å²) in [7, 11) is -3.62. The maximum Gasteiger partial charge on any atom is 0.259 e. The van der Waals surface area contributed by atoms with Crippen LogP contribution in [0.15, 0.2) is 23.4 Å². The SMILES string of the molecule is Cl.O=S(=O)(NC1CCCNC1)c1ncccc1Cl. The highest BCUT2D eigenvalue weighted by Crippen LogP contribution is 2.18. The Morgan fingerprint density at radius 2 is 2.28 bits per heavy atom. The molecular weight excluding hydrogens is 297 g/mol. The number of halogens is 2. The molecule has 1 aromatic heterocycles. The van der Waals surface area contributed by atoms with Gasteiger partial charge in [0.15, 0.2) is 5.03 Å². The van der Waals surface area contributed by atoms with Crippen LogP contribution in [-0.2, 0) is 10.0 Å². The maximum absolute atomic E-state index is 12.0. The van der Waals surface area contributed by atoms with Gasteiger partial charge in [0.2, 0.25) is 0 Å². The molecule has 0 radical (unpaired) electrons. The average Bonchev–Trinajstić information content (AvgIpc) is 2.30. The summed E-state index contributed by atoms with van der Waals surface area (Å²) in [6.45, 7) is 1.58. The van der Waals surface area contributed by atoms with Crippen molar-refractivity contribution in [2.75, 3.05) is 13.1 Å². The second-order valence-electron chi connectivity index (χ2n) is 3.95. The molecule has 0 saturated carbocycles. The first-order valence-corrected chi connectivity index (χ1v) is 7.29. The second-order valence-corrected chi connectivity index (χ2v) is 5.99. The number of piperidine rings is 1.